The van der Waals surface area contributed by atoms with Gasteiger partial charge >= 0.3 is 0 Å². The van der Waals surface area contributed by atoms with Gasteiger partial charge in [0.05, 0.1) is 0 Å². The highest BCUT2D eigenvalue weighted by Crippen LogP contribution is 2.46. The minimum absolute atomic E-state index is 0.213. The van der Waals surface area contributed by atoms with Crippen LogP contribution in [0.5, 0.6) is 5.75 Å². The normalized spacial score (nSPS) is 18.1. The van der Waals surface area contributed by atoms with Gasteiger partial charge in [-0.1, -0.05) is 0 Å². The molecule has 0 aromatic heterocycles. The number of hydrogen-bond donors (Lipinski definition) is 2. The summed E-state index contributed by atoms with van der Waals surface area (Å²) in [7, 11) is 0. The van der Waals surface area contributed by atoms with Gasteiger partial charge in [-0.15, -0.1) is 0 Å². The maximum Gasteiger partial charge on any atom is 0.123 e. The van der Waals surface area contributed by atoms with E-state index in [9.17, 15) is 9.50 Å². The SMILES string of the molecule is CSC1(CNCC(O)COc2ccc(F)cc2)CC1. The third-order valence-electron chi connectivity index (χ3n) is 3.32. The van der Waals surface area contributed by atoms with Gasteiger partial charge in [-0.3, -0.25) is 0 Å². The number of hydrogen-bond acceptors (Lipinski definition) is 4. The summed E-state index contributed by atoms with van der Waals surface area (Å²) in [4.78, 5) is 0. The van der Waals surface area contributed by atoms with E-state index in [2.05, 4.69) is 11.6 Å². The zero-order valence-electron chi connectivity index (χ0n) is 11.1. The molecule has 0 heterocycles. The predicted molar refractivity (Wildman–Crippen MR) is 76.3 cm³/mol. The molecule has 1 atom stereocenters. The van der Waals surface area contributed by atoms with Gasteiger partial charge in [-0.05, 0) is 43.4 Å². The average Bonchev–Trinajstić information content (AvgIpc) is 3.19. The van der Waals surface area contributed by atoms with Crippen molar-refractivity contribution in [2.75, 3.05) is 26.0 Å². The van der Waals surface area contributed by atoms with Crippen LogP contribution in [0.2, 0.25) is 0 Å². The lowest BCUT2D eigenvalue weighted by molar-refractivity contribution is 0.106. The number of halogens is 1. The molecular weight excluding hydrogens is 265 g/mol. The molecule has 106 valence electrons. The zero-order valence-corrected chi connectivity index (χ0v) is 11.9. The quantitative estimate of drug-likeness (QED) is 0.767. The molecule has 3 nitrogen and oxygen atoms in total. The van der Waals surface area contributed by atoms with E-state index in [1.165, 1.54) is 25.0 Å². The minimum atomic E-state index is -0.553. The molecule has 0 aliphatic heterocycles. The topological polar surface area (TPSA) is 41.5 Å². The Balaban J connectivity index is 1.61. The summed E-state index contributed by atoms with van der Waals surface area (Å²) in [5, 5.41) is 13.1. The Kier molecular flexibility index (Phi) is 5.07. The van der Waals surface area contributed by atoms with Gasteiger partial charge in [0.1, 0.15) is 24.3 Å². The van der Waals surface area contributed by atoms with Crippen LogP contribution in [0.25, 0.3) is 0 Å². The number of rotatable bonds is 8. The maximum absolute atomic E-state index is 12.7. The Morgan fingerprint density at radius 2 is 2.11 bits per heavy atom. The molecule has 19 heavy (non-hydrogen) atoms. The lowest BCUT2D eigenvalue weighted by Crippen LogP contribution is -2.35. The first-order valence-electron chi connectivity index (χ1n) is 6.46. The Morgan fingerprint density at radius 1 is 1.42 bits per heavy atom. The first-order valence-corrected chi connectivity index (χ1v) is 7.68. The van der Waals surface area contributed by atoms with Crippen molar-refractivity contribution in [3.63, 3.8) is 0 Å². The van der Waals surface area contributed by atoms with Crippen LogP contribution >= 0.6 is 11.8 Å². The van der Waals surface area contributed by atoms with Crippen LogP contribution in [0, 0.1) is 5.82 Å². The molecule has 2 N–H and O–H groups in total. The summed E-state index contributed by atoms with van der Waals surface area (Å²) >= 11 is 1.89. The number of ether oxygens (including phenoxy) is 1. The standard InChI is InChI=1S/C14H20FNO2S/c1-19-14(6-7-14)10-16-8-12(17)9-18-13-4-2-11(15)3-5-13/h2-5,12,16-17H,6-10H2,1H3. The monoisotopic (exact) mass is 285 g/mol. The van der Waals surface area contributed by atoms with Gasteiger partial charge in [0, 0.05) is 17.8 Å². The van der Waals surface area contributed by atoms with Crippen molar-refractivity contribution in [3.8, 4) is 5.75 Å². The summed E-state index contributed by atoms with van der Waals surface area (Å²) in [6, 6.07) is 5.80. The van der Waals surface area contributed by atoms with E-state index < -0.39 is 6.10 Å². The van der Waals surface area contributed by atoms with Crippen molar-refractivity contribution >= 4 is 11.8 Å². The minimum Gasteiger partial charge on any atom is -0.491 e. The Bertz CT molecular complexity index is 395. The second-order valence-electron chi connectivity index (χ2n) is 4.94. The highest BCUT2D eigenvalue weighted by Gasteiger charge is 2.41. The second-order valence-corrected chi connectivity index (χ2v) is 6.21. The molecule has 1 fully saturated rings. The number of aliphatic hydroxyl groups is 1. The molecule has 0 saturated heterocycles. The van der Waals surface area contributed by atoms with Crippen molar-refractivity contribution in [1.82, 2.24) is 5.32 Å². The number of aliphatic hydroxyl groups excluding tert-OH is 1. The number of nitrogens with one attached hydrogen (secondary N) is 1. The van der Waals surface area contributed by atoms with Crippen molar-refractivity contribution in [1.29, 1.82) is 0 Å². The lowest BCUT2D eigenvalue weighted by Gasteiger charge is -2.16. The predicted octanol–water partition coefficient (Wildman–Crippen LogP) is 2.05. The van der Waals surface area contributed by atoms with Crippen LogP contribution in [0.1, 0.15) is 12.8 Å². The van der Waals surface area contributed by atoms with Gasteiger partial charge in [0.25, 0.3) is 0 Å². The highest BCUT2D eigenvalue weighted by molar-refractivity contribution is 8.00. The second kappa shape index (κ2) is 6.59. The molecule has 0 spiro atoms. The van der Waals surface area contributed by atoms with Gasteiger partial charge in [-0.2, -0.15) is 11.8 Å². The van der Waals surface area contributed by atoms with Gasteiger partial charge < -0.3 is 15.2 Å². The van der Waals surface area contributed by atoms with Crippen molar-refractivity contribution in [3.05, 3.63) is 30.1 Å². The van der Waals surface area contributed by atoms with Crippen LogP contribution in [0.3, 0.4) is 0 Å². The molecule has 1 aromatic rings. The molecule has 1 aliphatic carbocycles. The third-order valence-corrected chi connectivity index (χ3v) is 4.74. The van der Waals surface area contributed by atoms with Crippen LogP contribution in [-0.4, -0.2) is 41.9 Å². The highest BCUT2D eigenvalue weighted by atomic mass is 32.2. The van der Waals surface area contributed by atoms with E-state index in [0.29, 0.717) is 17.0 Å². The van der Waals surface area contributed by atoms with Crippen molar-refractivity contribution < 1.29 is 14.2 Å². The van der Waals surface area contributed by atoms with Gasteiger partial charge in [0.2, 0.25) is 0 Å². The molecule has 5 heteroatoms. The molecule has 0 amide bonds. The summed E-state index contributed by atoms with van der Waals surface area (Å²) < 4.78 is 18.5. The van der Waals surface area contributed by atoms with E-state index >= 15 is 0 Å². The van der Waals surface area contributed by atoms with Crippen LogP contribution in [-0.2, 0) is 0 Å². The summed E-state index contributed by atoms with van der Waals surface area (Å²) in [5.74, 6) is 0.282. The van der Waals surface area contributed by atoms with E-state index in [1.807, 2.05) is 11.8 Å². The Morgan fingerprint density at radius 3 is 2.68 bits per heavy atom. The number of thioether (sulfide) groups is 1. The largest absolute Gasteiger partial charge is 0.491 e. The summed E-state index contributed by atoms with van der Waals surface area (Å²) in [6.07, 6.45) is 4.08. The fraction of sp³-hybridized carbons (Fsp3) is 0.571. The fourth-order valence-electron chi connectivity index (χ4n) is 1.84. The van der Waals surface area contributed by atoms with Crippen LogP contribution < -0.4 is 10.1 Å². The summed E-state index contributed by atoms with van der Waals surface area (Å²) in [6.45, 7) is 1.66. The average molecular weight is 285 g/mol. The first kappa shape index (κ1) is 14.6. The molecule has 1 saturated carbocycles. The molecule has 1 unspecified atom stereocenters. The Labute approximate surface area is 117 Å². The van der Waals surface area contributed by atoms with Crippen molar-refractivity contribution in [2.24, 2.45) is 0 Å². The van der Waals surface area contributed by atoms with Gasteiger partial charge in [0.15, 0.2) is 0 Å². The smallest absolute Gasteiger partial charge is 0.123 e. The first-order chi connectivity index (χ1) is 9.13. The molecule has 1 aliphatic rings. The van der Waals surface area contributed by atoms with E-state index in [0.717, 1.165) is 6.54 Å². The van der Waals surface area contributed by atoms with E-state index in [-0.39, 0.29) is 12.4 Å². The lowest BCUT2D eigenvalue weighted by atomic mass is 10.3. The molecular formula is C14H20FNO2S. The van der Waals surface area contributed by atoms with E-state index in [4.69, 9.17) is 4.74 Å². The van der Waals surface area contributed by atoms with Crippen molar-refractivity contribution in [2.45, 2.75) is 23.7 Å². The fourth-order valence-corrected chi connectivity index (χ4v) is 2.60. The molecule has 0 radical (unpaired) electrons. The molecule has 2 rings (SSSR count). The van der Waals surface area contributed by atoms with Crippen LogP contribution in [0.4, 0.5) is 4.39 Å². The Hall–Kier alpha value is -0.780. The van der Waals surface area contributed by atoms with Gasteiger partial charge in [-0.25, -0.2) is 4.39 Å². The van der Waals surface area contributed by atoms with Crippen LogP contribution in [0.15, 0.2) is 24.3 Å². The molecule has 1 aromatic carbocycles. The van der Waals surface area contributed by atoms with E-state index in [1.54, 1.807) is 12.1 Å². The maximum atomic E-state index is 12.7. The number of benzene rings is 1. The molecule has 0 bridgehead atoms. The zero-order chi connectivity index (χ0) is 13.7. The third kappa shape index (κ3) is 4.67. The summed E-state index contributed by atoms with van der Waals surface area (Å²) in [5.41, 5.74) is 0.